The summed E-state index contributed by atoms with van der Waals surface area (Å²) in [4.78, 5) is 2.39. The molecule has 4 heteroatoms. The highest BCUT2D eigenvalue weighted by atomic mass is 79.9. The van der Waals surface area contributed by atoms with Crippen LogP contribution < -0.4 is 0 Å². The highest BCUT2D eigenvalue weighted by Gasteiger charge is 2.25. The molecule has 0 N–H and O–H groups in total. The third-order valence-electron chi connectivity index (χ3n) is 2.38. The van der Waals surface area contributed by atoms with Gasteiger partial charge in [-0.1, -0.05) is 28.8 Å². The third kappa shape index (κ3) is 1.53. The summed E-state index contributed by atoms with van der Waals surface area (Å²) in [5.41, 5.74) is 0. The molecule has 1 saturated carbocycles. The Balaban J connectivity index is 2.11. The highest BCUT2D eigenvalue weighted by Crippen LogP contribution is 2.32. The average molecular weight is 230 g/mol. The molecular formula is C8H12BrN3. The van der Waals surface area contributed by atoms with Crippen molar-refractivity contribution in [1.29, 1.82) is 0 Å². The Morgan fingerprint density at radius 2 is 1.83 bits per heavy atom. The van der Waals surface area contributed by atoms with Crippen LogP contribution in [0.3, 0.4) is 0 Å². The van der Waals surface area contributed by atoms with Crippen molar-refractivity contribution in [2.45, 2.75) is 36.6 Å². The van der Waals surface area contributed by atoms with E-state index in [0.717, 1.165) is 0 Å². The molecule has 2 atom stereocenters. The van der Waals surface area contributed by atoms with Crippen molar-refractivity contribution in [2.75, 3.05) is 0 Å². The van der Waals surface area contributed by atoms with Gasteiger partial charge in [0.25, 0.3) is 0 Å². The summed E-state index contributed by atoms with van der Waals surface area (Å²) in [6.45, 7) is 0. The molecule has 1 aromatic heterocycles. The van der Waals surface area contributed by atoms with E-state index in [1.807, 2.05) is 4.80 Å². The van der Waals surface area contributed by atoms with E-state index in [1.54, 1.807) is 12.4 Å². The smallest absolute Gasteiger partial charge is 0.0841 e. The summed E-state index contributed by atoms with van der Waals surface area (Å²) in [5, 5.41) is 8.33. The fourth-order valence-electron chi connectivity index (χ4n) is 1.72. The van der Waals surface area contributed by atoms with Crippen molar-refractivity contribution in [3.8, 4) is 0 Å². The molecule has 1 aliphatic carbocycles. The Labute approximate surface area is 80.3 Å². The zero-order valence-electron chi connectivity index (χ0n) is 6.86. The van der Waals surface area contributed by atoms with Gasteiger partial charge in [-0.15, -0.1) is 0 Å². The van der Waals surface area contributed by atoms with Crippen molar-refractivity contribution < 1.29 is 0 Å². The fraction of sp³-hybridized carbons (Fsp3) is 0.750. The first-order valence-electron chi connectivity index (χ1n) is 4.38. The topological polar surface area (TPSA) is 30.7 Å². The van der Waals surface area contributed by atoms with Crippen molar-refractivity contribution >= 4 is 15.9 Å². The predicted octanol–water partition coefficient (Wildman–Crippen LogP) is 2.16. The van der Waals surface area contributed by atoms with E-state index >= 15 is 0 Å². The van der Waals surface area contributed by atoms with Crippen molar-refractivity contribution in [1.82, 2.24) is 15.0 Å². The van der Waals surface area contributed by atoms with E-state index in [0.29, 0.717) is 10.9 Å². The second-order valence-corrected chi connectivity index (χ2v) is 4.39. The molecule has 1 aromatic rings. The summed E-state index contributed by atoms with van der Waals surface area (Å²) < 4.78 is 0. The predicted molar refractivity (Wildman–Crippen MR) is 50.2 cm³/mol. The number of hydrogen-bond donors (Lipinski definition) is 0. The summed E-state index contributed by atoms with van der Waals surface area (Å²) in [6, 6.07) is 0.466. The molecular weight excluding hydrogens is 218 g/mol. The Morgan fingerprint density at radius 3 is 2.50 bits per heavy atom. The standard InChI is InChI=1S/C8H12BrN3/c9-7-3-1-2-4-8(7)12-10-5-6-11-12/h5-8H,1-4H2/t7-,8+/m0/s1. The van der Waals surface area contributed by atoms with E-state index in [4.69, 9.17) is 0 Å². The molecule has 0 bridgehead atoms. The van der Waals surface area contributed by atoms with E-state index in [1.165, 1.54) is 25.7 Å². The molecule has 0 amide bonds. The second kappa shape index (κ2) is 3.56. The Morgan fingerprint density at radius 1 is 1.17 bits per heavy atom. The molecule has 0 aliphatic heterocycles. The molecule has 1 fully saturated rings. The first kappa shape index (κ1) is 8.23. The van der Waals surface area contributed by atoms with Crippen LogP contribution in [-0.2, 0) is 0 Å². The molecule has 12 heavy (non-hydrogen) atoms. The molecule has 0 radical (unpaired) electrons. The largest absolute Gasteiger partial charge is 0.181 e. The van der Waals surface area contributed by atoms with E-state index < -0.39 is 0 Å². The number of halogens is 1. The lowest BCUT2D eigenvalue weighted by Gasteiger charge is -2.26. The Hall–Kier alpha value is -0.380. The molecule has 0 unspecified atom stereocenters. The van der Waals surface area contributed by atoms with Gasteiger partial charge < -0.3 is 0 Å². The number of hydrogen-bond acceptors (Lipinski definition) is 2. The van der Waals surface area contributed by atoms with E-state index in [2.05, 4.69) is 26.1 Å². The summed E-state index contributed by atoms with van der Waals surface area (Å²) in [6.07, 6.45) is 8.56. The minimum Gasteiger partial charge on any atom is -0.181 e. The Kier molecular flexibility index (Phi) is 2.44. The van der Waals surface area contributed by atoms with E-state index in [-0.39, 0.29) is 0 Å². The first-order valence-corrected chi connectivity index (χ1v) is 5.29. The fourth-order valence-corrected chi connectivity index (χ4v) is 2.52. The second-order valence-electron chi connectivity index (χ2n) is 3.22. The van der Waals surface area contributed by atoms with Gasteiger partial charge in [0.1, 0.15) is 0 Å². The zero-order chi connectivity index (χ0) is 8.39. The van der Waals surface area contributed by atoms with Crippen molar-refractivity contribution in [3.05, 3.63) is 12.4 Å². The maximum absolute atomic E-state index is 4.17. The molecule has 1 aliphatic rings. The summed E-state index contributed by atoms with van der Waals surface area (Å²) in [5.74, 6) is 0. The SMILES string of the molecule is Br[C@H]1CCCC[C@H]1n1nccn1. The normalized spacial score (nSPS) is 30.4. The van der Waals surface area contributed by atoms with Crippen molar-refractivity contribution in [2.24, 2.45) is 0 Å². The van der Waals surface area contributed by atoms with Gasteiger partial charge in [0.05, 0.1) is 18.4 Å². The van der Waals surface area contributed by atoms with Gasteiger partial charge in [0.15, 0.2) is 0 Å². The van der Waals surface area contributed by atoms with Crippen LogP contribution in [0.2, 0.25) is 0 Å². The number of aromatic nitrogens is 3. The first-order chi connectivity index (χ1) is 5.88. The lowest BCUT2D eigenvalue weighted by molar-refractivity contribution is 0.314. The summed E-state index contributed by atoms with van der Waals surface area (Å²) >= 11 is 3.68. The number of alkyl halides is 1. The van der Waals surface area contributed by atoms with Crippen LogP contribution in [0.25, 0.3) is 0 Å². The molecule has 0 aromatic carbocycles. The number of rotatable bonds is 1. The van der Waals surface area contributed by atoms with Gasteiger partial charge in [0, 0.05) is 4.83 Å². The van der Waals surface area contributed by atoms with Crippen LogP contribution in [0.4, 0.5) is 0 Å². The highest BCUT2D eigenvalue weighted by molar-refractivity contribution is 9.09. The molecule has 66 valence electrons. The maximum Gasteiger partial charge on any atom is 0.0841 e. The lowest BCUT2D eigenvalue weighted by Crippen LogP contribution is -2.24. The monoisotopic (exact) mass is 229 g/mol. The minimum absolute atomic E-state index is 0.466. The lowest BCUT2D eigenvalue weighted by atomic mass is 9.96. The molecule has 3 nitrogen and oxygen atoms in total. The van der Waals surface area contributed by atoms with Gasteiger partial charge in [0.2, 0.25) is 0 Å². The van der Waals surface area contributed by atoms with Gasteiger partial charge in [-0.2, -0.15) is 15.0 Å². The number of nitrogens with zero attached hydrogens (tertiary/aromatic N) is 3. The van der Waals surface area contributed by atoms with Gasteiger partial charge in [-0.05, 0) is 12.8 Å². The minimum atomic E-state index is 0.466. The van der Waals surface area contributed by atoms with Crippen LogP contribution in [-0.4, -0.2) is 19.8 Å². The van der Waals surface area contributed by atoms with Crippen LogP contribution in [0, 0.1) is 0 Å². The zero-order valence-corrected chi connectivity index (χ0v) is 8.44. The molecule has 0 spiro atoms. The van der Waals surface area contributed by atoms with E-state index in [9.17, 15) is 0 Å². The quantitative estimate of drug-likeness (QED) is 0.692. The van der Waals surface area contributed by atoms with Gasteiger partial charge in [-0.3, -0.25) is 0 Å². The van der Waals surface area contributed by atoms with Gasteiger partial charge in [-0.25, -0.2) is 0 Å². The van der Waals surface area contributed by atoms with Gasteiger partial charge >= 0.3 is 0 Å². The van der Waals surface area contributed by atoms with Crippen LogP contribution >= 0.6 is 15.9 Å². The summed E-state index contributed by atoms with van der Waals surface area (Å²) in [7, 11) is 0. The third-order valence-corrected chi connectivity index (χ3v) is 3.45. The van der Waals surface area contributed by atoms with Crippen LogP contribution in [0.5, 0.6) is 0 Å². The van der Waals surface area contributed by atoms with Crippen LogP contribution in [0.15, 0.2) is 12.4 Å². The maximum atomic E-state index is 4.17. The molecule has 0 saturated heterocycles. The Bertz CT molecular complexity index is 234. The average Bonchev–Trinajstić information content (AvgIpc) is 2.57. The van der Waals surface area contributed by atoms with Crippen molar-refractivity contribution in [3.63, 3.8) is 0 Å². The molecule has 1 heterocycles. The molecule has 2 rings (SSSR count). The van der Waals surface area contributed by atoms with Crippen LogP contribution in [0.1, 0.15) is 31.7 Å².